The molecule has 0 bridgehead atoms. The Bertz CT molecular complexity index is 600. The SMILES string of the molecule is COc1ccc(OCC[NH+]2CC[NH+](CC(=O)N[C@H]3CCCC[C@@H]3C)CC2)cc1. The van der Waals surface area contributed by atoms with Gasteiger partial charge >= 0.3 is 0 Å². The van der Waals surface area contributed by atoms with E-state index >= 15 is 0 Å². The van der Waals surface area contributed by atoms with Crippen LogP contribution in [0.1, 0.15) is 32.6 Å². The van der Waals surface area contributed by atoms with Crippen LogP contribution in [0.15, 0.2) is 24.3 Å². The Balaban J connectivity index is 1.30. The van der Waals surface area contributed by atoms with Crippen molar-refractivity contribution in [2.45, 2.75) is 38.6 Å². The van der Waals surface area contributed by atoms with Crippen molar-refractivity contribution in [2.24, 2.45) is 5.92 Å². The molecule has 3 N–H and O–H groups in total. The third-order valence-electron chi connectivity index (χ3n) is 6.32. The number of benzene rings is 1. The lowest BCUT2D eigenvalue weighted by Gasteiger charge is -2.32. The van der Waals surface area contributed by atoms with Gasteiger partial charge in [0.25, 0.3) is 5.91 Å². The Labute approximate surface area is 169 Å². The molecule has 2 aliphatic rings. The molecule has 1 heterocycles. The quantitative estimate of drug-likeness (QED) is 0.563. The Kier molecular flexibility index (Phi) is 7.98. The van der Waals surface area contributed by atoms with Crippen LogP contribution in [0.25, 0.3) is 0 Å². The highest BCUT2D eigenvalue weighted by atomic mass is 16.5. The molecule has 0 unspecified atom stereocenters. The standard InChI is InChI=1S/C22H35N3O3/c1-18-5-3-4-6-21(18)23-22(26)17-25-13-11-24(12-14-25)15-16-28-20-9-7-19(27-2)8-10-20/h7-10,18,21H,3-6,11-17H2,1-2H3,(H,23,26)/p+2/t18-,21-/m0/s1. The third kappa shape index (κ3) is 6.38. The second-order valence-electron chi connectivity index (χ2n) is 8.39. The average Bonchev–Trinajstić information content (AvgIpc) is 2.71. The summed E-state index contributed by atoms with van der Waals surface area (Å²) in [6.07, 6.45) is 4.96. The first-order chi connectivity index (χ1) is 13.6. The zero-order chi connectivity index (χ0) is 19.8. The van der Waals surface area contributed by atoms with Crippen LogP contribution >= 0.6 is 0 Å². The summed E-state index contributed by atoms with van der Waals surface area (Å²) in [5.41, 5.74) is 0. The fourth-order valence-electron chi connectivity index (χ4n) is 4.38. The van der Waals surface area contributed by atoms with Crippen LogP contribution in [-0.2, 0) is 4.79 Å². The first-order valence-corrected chi connectivity index (χ1v) is 10.9. The van der Waals surface area contributed by atoms with Crippen molar-refractivity contribution in [3.8, 4) is 11.5 Å². The van der Waals surface area contributed by atoms with Gasteiger partial charge in [-0.25, -0.2) is 0 Å². The fraction of sp³-hybridized carbons (Fsp3) is 0.682. The van der Waals surface area contributed by atoms with Gasteiger partial charge in [0.05, 0.1) is 7.11 Å². The Morgan fingerprint density at radius 3 is 2.36 bits per heavy atom. The van der Waals surface area contributed by atoms with Crippen molar-refractivity contribution < 1.29 is 24.1 Å². The van der Waals surface area contributed by atoms with Crippen molar-refractivity contribution in [3.05, 3.63) is 24.3 Å². The monoisotopic (exact) mass is 391 g/mol. The van der Waals surface area contributed by atoms with E-state index in [0.717, 1.165) is 57.3 Å². The first kappa shape index (κ1) is 20.9. The Hall–Kier alpha value is -1.79. The van der Waals surface area contributed by atoms with E-state index in [1.54, 1.807) is 12.0 Å². The Morgan fingerprint density at radius 1 is 1.04 bits per heavy atom. The largest absolute Gasteiger partial charge is 0.497 e. The molecule has 1 aromatic carbocycles. The smallest absolute Gasteiger partial charge is 0.275 e. The minimum atomic E-state index is 0.236. The Morgan fingerprint density at radius 2 is 1.68 bits per heavy atom. The van der Waals surface area contributed by atoms with E-state index in [4.69, 9.17) is 9.47 Å². The van der Waals surface area contributed by atoms with Crippen LogP contribution in [0.2, 0.25) is 0 Å². The van der Waals surface area contributed by atoms with E-state index in [1.807, 2.05) is 24.3 Å². The molecular formula is C22H37N3O3+2. The van der Waals surface area contributed by atoms with Crippen LogP contribution in [-0.4, -0.2) is 64.9 Å². The predicted octanol–water partition coefficient (Wildman–Crippen LogP) is -0.448. The molecule has 1 saturated heterocycles. The minimum absolute atomic E-state index is 0.236. The molecule has 2 fully saturated rings. The second-order valence-corrected chi connectivity index (χ2v) is 8.39. The number of hydrogen-bond acceptors (Lipinski definition) is 3. The molecule has 1 aliphatic heterocycles. The third-order valence-corrected chi connectivity index (χ3v) is 6.32. The van der Waals surface area contributed by atoms with Crippen molar-refractivity contribution in [3.63, 3.8) is 0 Å². The van der Waals surface area contributed by atoms with Gasteiger partial charge in [-0.15, -0.1) is 0 Å². The number of carbonyl (C=O) groups excluding carboxylic acids is 1. The number of methoxy groups -OCH3 is 1. The summed E-state index contributed by atoms with van der Waals surface area (Å²) in [6.45, 7) is 8.95. The molecule has 2 atom stereocenters. The maximum Gasteiger partial charge on any atom is 0.275 e. The molecule has 6 heteroatoms. The first-order valence-electron chi connectivity index (χ1n) is 10.9. The van der Waals surface area contributed by atoms with Crippen molar-refractivity contribution in [1.29, 1.82) is 0 Å². The molecule has 3 rings (SSSR count). The number of piperazine rings is 1. The van der Waals surface area contributed by atoms with Crippen LogP contribution < -0.4 is 24.6 Å². The second kappa shape index (κ2) is 10.7. The van der Waals surface area contributed by atoms with Gasteiger partial charge in [-0.05, 0) is 43.0 Å². The number of hydrogen-bond donors (Lipinski definition) is 3. The number of quaternary nitrogens is 2. The lowest BCUT2D eigenvalue weighted by atomic mass is 9.86. The van der Waals surface area contributed by atoms with Gasteiger partial charge in [0.2, 0.25) is 0 Å². The number of nitrogens with one attached hydrogen (secondary N) is 3. The summed E-state index contributed by atoms with van der Waals surface area (Å²) in [7, 11) is 1.67. The fourth-order valence-corrected chi connectivity index (χ4v) is 4.38. The summed E-state index contributed by atoms with van der Waals surface area (Å²) in [5, 5.41) is 3.29. The van der Waals surface area contributed by atoms with Crippen LogP contribution in [0, 0.1) is 5.92 Å². The van der Waals surface area contributed by atoms with E-state index in [-0.39, 0.29) is 5.91 Å². The van der Waals surface area contributed by atoms with Crippen LogP contribution in [0.3, 0.4) is 0 Å². The van der Waals surface area contributed by atoms with Crippen LogP contribution in [0.5, 0.6) is 11.5 Å². The van der Waals surface area contributed by atoms with E-state index in [0.29, 0.717) is 18.5 Å². The lowest BCUT2D eigenvalue weighted by Crippen LogP contribution is -3.28. The van der Waals surface area contributed by atoms with Gasteiger partial charge in [0, 0.05) is 6.04 Å². The normalized spacial score (nSPS) is 27.8. The molecule has 28 heavy (non-hydrogen) atoms. The zero-order valence-corrected chi connectivity index (χ0v) is 17.5. The molecule has 0 radical (unpaired) electrons. The number of carbonyl (C=O) groups is 1. The summed E-state index contributed by atoms with van der Waals surface area (Å²) >= 11 is 0. The molecule has 1 amide bonds. The minimum Gasteiger partial charge on any atom is -0.497 e. The molecule has 0 aromatic heterocycles. The highest BCUT2D eigenvalue weighted by Crippen LogP contribution is 2.23. The molecule has 1 aromatic rings. The molecule has 1 aliphatic carbocycles. The molecular weight excluding hydrogens is 354 g/mol. The average molecular weight is 392 g/mol. The zero-order valence-electron chi connectivity index (χ0n) is 17.5. The molecule has 0 spiro atoms. The molecule has 6 nitrogen and oxygen atoms in total. The van der Waals surface area contributed by atoms with Crippen LogP contribution in [0.4, 0.5) is 0 Å². The number of ether oxygens (including phenoxy) is 2. The highest BCUT2D eigenvalue weighted by molar-refractivity contribution is 5.77. The van der Waals surface area contributed by atoms with E-state index in [9.17, 15) is 4.79 Å². The number of rotatable bonds is 8. The lowest BCUT2D eigenvalue weighted by molar-refractivity contribution is -1.01. The topological polar surface area (TPSA) is 56.4 Å². The molecule has 156 valence electrons. The summed E-state index contributed by atoms with van der Waals surface area (Å²) in [5.74, 6) is 2.59. The van der Waals surface area contributed by atoms with Crippen molar-refractivity contribution in [1.82, 2.24) is 5.32 Å². The predicted molar refractivity (Wildman–Crippen MR) is 109 cm³/mol. The van der Waals surface area contributed by atoms with E-state index < -0.39 is 0 Å². The number of amides is 1. The maximum atomic E-state index is 12.4. The van der Waals surface area contributed by atoms with Gasteiger partial charge < -0.3 is 24.6 Å². The van der Waals surface area contributed by atoms with Gasteiger partial charge in [0.15, 0.2) is 6.54 Å². The van der Waals surface area contributed by atoms with E-state index in [1.165, 1.54) is 24.2 Å². The van der Waals surface area contributed by atoms with Gasteiger partial charge in [0.1, 0.15) is 50.8 Å². The van der Waals surface area contributed by atoms with Gasteiger partial charge in [-0.1, -0.05) is 19.8 Å². The maximum absolute atomic E-state index is 12.4. The van der Waals surface area contributed by atoms with Gasteiger partial charge in [-0.2, -0.15) is 0 Å². The highest BCUT2D eigenvalue weighted by Gasteiger charge is 2.27. The summed E-state index contributed by atoms with van der Waals surface area (Å²) in [6, 6.07) is 8.12. The summed E-state index contributed by atoms with van der Waals surface area (Å²) in [4.78, 5) is 15.4. The molecule has 1 saturated carbocycles. The van der Waals surface area contributed by atoms with Crippen molar-refractivity contribution in [2.75, 3.05) is 53.0 Å². The van der Waals surface area contributed by atoms with Gasteiger partial charge in [-0.3, -0.25) is 4.79 Å². The summed E-state index contributed by atoms with van der Waals surface area (Å²) < 4.78 is 11.0. The van der Waals surface area contributed by atoms with Crippen molar-refractivity contribution >= 4 is 5.91 Å². The van der Waals surface area contributed by atoms with E-state index in [2.05, 4.69) is 12.2 Å².